The fraction of sp³-hybridized carbons (Fsp3) is 0.316. The number of rotatable bonds is 9. The maximum absolute atomic E-state index is 12.1. The van der Waals surface area contributed by atoms with Gasteiger partial charge < -0.3 is 14.8 Å². The lowest BCUT2D eigenvalue weighted by molar-refractivity contribution is -0.395. The van der Waals surface area contributed by atoms with Crippen LogP contribution in [0.4, 0.5) is 17.1 Å². The van der Waals surface area contributed by atoms with Gasteiger partial charge in [-0.3, -0.25) is 25.0 Å². The van der Waals surface area contributed by atoms with Gasteiger partial charge in [-0.15, -0.1) is 0 Å². The predicted octanol–water partition coefficient (Wildman–Crippen LogP) is 4.04. The van der Waals surface area contributed by atoms with E-state index in [2.05, 4.69) is 19.2 Å². The summed E-state index contributed by atoms with van der Waals surface area (Å²) in [5, 5.41) is 24.7. The first-order valence-corrected chi connectivity index (χ1v) is 8.80. The summed E-state index contributed by atoms with van der Waals surface area (Å²) in [5.41, 5.74) is -0.204. The standard InChI is InChI=1S/C19H21N3O7/c1-4-12(2)13-5-7-15(8-6-13)29-11-18(23)20-14-9-16(21(24)25)19(28-3)17(10-14)22(26)27/h5-10,12H,4,11H2,1-3H3,(H,20,23). The zero-order chi connectivity index (χ0) is 21.6. The lowest BCUT2D eigenvalue weighted by Crippen LogP contribution is -2.20. The van der Waals surface area contributed by atoms with E-state index in [1.54, 1.807) is 12.1 Å². The fourth-order valence-electron chi connectivity index (χ4n) is 2.63. The Balaban J connectivity index is 2.10. The molecule has 10 heteroatoms. The minimum absolute atomic E-state index is 0.107. The highest BCUT2D eigenvalue weighted by atomic mass is 16.6. The molecule has 0 aromatic heterocycles. The van der Waals surface area contributed by atoms with Crippen LogP contribution in [-0.2, 0) is 4.79 Å². The van der Waals surface area contributed by atoms with E-state index in [-0.39, 0.29) is 12.3 Å². The van der Waals surface area contributed by atoms with E-state index >= 15 is 0 Å². The Labute approximate surface area is 166 Å². The van der Waals surface area contributed by atoms with Crippen molar-refractivity contribution in [1.82, 2.24) is 0 Å². The smallest absolute Gasteiger partial charge is 0.320 e. The van der Waals surface area contributed by atoms with Crippen molar-refractivity contribution >= 4 is 23.0 Å². The van der Waals surface area contributed by atoms with Crippen molar-refractivity contribution in [2.75, 3.05) is 19.0 Å². The summed E-state index contributed by atoms with van der Waals surface area (Å²) in [6, 6.07) is 9.31. The highest BCUT2D eigenvalue weighted by Crippen LogP contribution is 2.39. The number of nitrogens with one attached hydrogen (secondary N) is 1. The number of methoxy groups -OCH3 is 1. The van der Waals surface area contributed by atoms with Gasteiger partial charge in [0.15, 0.2) is 6.61 Å². The number of carbonyl (C=O) groups excluding carboxylic acids is 1. The van der Waals surface area contributed by atoms with E-state index in [9.17, 15) is 25.0 Å². The summed E-state index contributed by atoms with van der Waals surface area (Å²) in [7, 11) is 1.09. The maximum atomic E-state index is 12.1. The highest BCUT2D eigenvalue weighted by molar-refractivity contribution is 5.93. The van der Waals surface area contributed by atoms with Crippen LogP contribution in [0.15, 0.2) is 36.4 Å². The highest BCUT2D eigenvalue weighted by Gasteiger charge is 2.28. The molecule has 1 atom stereocenters. The molecule has 10 nitrogen and oxygen atoms in total. The normalized spacial score (nSPS) is 11.4. The zero-order valence-corrected chi connectivity index (χ0v) is 16.2. The summed E-state index contributed by atoms with van der Waals surface area (Å²) in [4.78, 5) is 32.8. The summed E-state index contributed by atoms with van der Waals surface area (Å²) < 4.78 is 10.2. The van der Waals surface area contributed by atoms with Gasteiger partial charge in [0, 0.05) is 12.1 Å². The first-order chi connectivity index (χ1) is 13.8. The Kier molecular flexibility index (Phi) is 7.07. The lowest BCUT2D eigenvalue weighted by atomic mass is 9.99. The number of anilines is 1. The SMILES string of the molecule is CCC(C)c1ccc(OCC(=O)Nc2cc([N+](=O)[O-])c(OC)c([N+](=O)[O-])c2)cc1. The molecule has 154 valence electrons. The molecule has 0 aliphatic heterocycles. The van der Waals surface area contributed by atoms with Crippen molar-refractivity contribution in [2.24, 2.45) is 0 Å². The fourth-order valence-corrected chi connectivity index (χ4v) is 2.63. The van der Waals surface area contributed by atoms with Gasteiger partial charge in [0.25, 0.3) is 11.7 Å². The van der Waals surface area contributed by atoms with Crippen molar-refractivity contribution in [1.29, 1.82) is 0 Å². The molecule has 2 aromatic rings. The number of ether oxygens (including phenoxy) is 2. The van der Waals surface area contributed by atoms with Gasteiger partial charge in [0.1, 0.15) is 5.75 Å². The molecule has 0 radical (unpaired) electrons. The average Bonchev–Trinajstić information content (AvgIpc) is 2.71. The number of nitrogens with zero attached hydrogens (tertiary/aromatic N) is 2. The van der Waals surface area contributed by atoms with E-state index < -0.39 is 32.9 Å². The van der Waals surface area contributed by atoms with Crippen LogP contribution in [0.3, 0.4) is 0 Å². The second kappa shape index (κ2) is 9.49. The summed E-state index contributed by atoms with van der Waals surface area (Å²) in [5.74, 6) is -0.215. The van der Waals surface area contributed by atoms with Gasteiger partial charge in [0.2, 0.25) is 0 Å². The lowest BCUT2D eigenvalue weighted by Gasteiger charge is -2.11. The first kappa shape index (κ1) is 21.6. The molecule has 0 spiro atoms. The molecule has 1 N–H and O–H groups in total. The topological polar surface area (TPSA) is 134 Å². The number of nitro benzene ring substituents is 2. The monoisotopic (exact) mass is 403 g/mol. The quantitative estimate of drug-likeness (QED) is 0.493. The van der Waals surface area contributed by atoms with E-state index in [1.807, 2.05) is 12.1 Å². The van der Waals surface area contributed by atoms with Crippen LogP contribution in [0, 0.1) is 20.2 Å². The van der Waals surface area contributed by atoms with Gasteiger partial charge >= 0.3 is 11.4 Å². The summed E-state index contributed by atoms with van der Waals surface area (Å²) in [6.07, 6.45) is 1.00. The Morgan fingerprint density at radius 3 is 2.10 bits per heavy atom. The van der Waals surface area contributed by atoms with Crippen LogP contribution in [0.1, 0.15) is 31.7 Å². The van der Waals surface area contributed by atoms with Crippen molar-refractivity contribution in [2.45, 2.75) is 26.2 Å². The second-order valence-corrected chi connectivity index (χ2v) is 6.28. The Morgan fingerprint density at radius 2 is 1.66 bits per heavy atom. The van der Waals surface area contributed by atoms with Crippen molar-refractivity contribution < 1.29 is 24.1 Å². The van der Waals surface area contributed by atoms with Crippen molar-refractivity contribution in [3.63, 3.8) is 0 Å². The van der Waals surface area contributed by atoms with E-state index in [1.165, 1.54) is 0 Å². The number of nitro groups is 2. The third-order valence-corrected chi connectivity index (χ3v) is 4.36. The molecule has 0 saturated heterocycles. The largest absolute Gasteiger partial charge is 0.485 e. The van der Waals surface area contributed by atoms with Gasteiger partial charge in [-0.2, -0.15) is 0 Å². The average molecular weight is 403 g/mol. The molecular formula is C19H21N3O7. The van der Waals surface area contributed by atoms with E-state index in [4.69, 9.17) is 9.47 Å². The Bertz CT molecular complexity index is 878. The molecule has 1 amide bonds. The molecule has 0 bridgehead atoms. The van der Waals surface area contributed by atoms with Gasteiger partial charge in [-0.05, 0) is 30.0 Å². The second-order valence-electron chi connectivity index (χ2n) is 6.28. The van der Waals surface area contributed by atoms with Gasteiger partial charge in [0.05, 0.1) is 22.6 Å². The summed E-state index contributed by atoms with van der Waals surface area (Å²) >= 11 is 0. The van der Waals surface area contributed by atoms with Crippen LogP contribution in [0.5, 0.6) is 11.5 Å². The first-order valence-electron chi connectivity index (χ1n) is 8.80. The molecule has 0 saturated carbocycles. The Hall–Kier alpha value is -3.69. The summed E-state index contributed by atoms with van der Waals surface area (Å²) in [6.45, 7) is 3.83. The number of amides is 1. The van der Waals surface area contributed by atoms with Crippen LogP contribution in [0.25, 0.3) is 0 Å². The third-order valence-electron chi connectivity index (χ3n) is 4.36. The van der Waals surface area contributed by atoms with E-state index in [0.29, 0.717) is 11.7 Å². The number of hydrogen-bond donors (Lipinski definition) is 1. The van der Waals surface area contributed by atoms with Crippen LogP contribution in [0.2, 0.25) is 0 Å². The number of carbonyl (C=O) groups is 1. The number of benzene rings is 2. The van der Waals surface area contributed by atoms with Crippen LogP contribution >= 0.6 is 0 Å². The van der Waals surface area contributed by atoms with Gasteiger partial charge in [-0.25, -0.2) is 0 Å². The minimum Gasteiger partial charge on any atom is -0.485 e. The molecule has 1 unspecified atom stereocenters. The van der Waals surface area contributed by atoms with Gasteiger partial charge in [-0.1, -0.05) is 26.0 Å². The molecule has 0 fully saturated rings. The van der Waals surface area contributed by atoms with Crippen molar-refractivity contribution in [3.05, 3.63) is 62.2 Å². The molecule has 2 rings (SSSR count). The van der Waals surface area contributed by atoms with E-state index in [0.717, 1.165) is 31.2 Å². The minimum atomic E-state index is -0.823. The Morgan fingerprint density at radius 1 is 1.10 bits per heavy atom. The molecule has 0 aliphatic carbocycles. The molecule has 0 heterocycles. The zero-order valence-electron chi connectivity index (χ0n) is 16.2. The predicted molar refractivity (Wildman–Crippen MR) is 106 cm³/mol. The molecule has 0 aliphatic rings. The van der Waals surface area contributed by atoms with Crippen LogP contribution < -0.4 is 14.8 Å². The molecular weight excluding hydrogens is 382 g/mol. The van der Waals surface area contributed by atoms with Crippen molar-refractivity contribution in [3.8, 4) is 11.5 Å². The maximum Gasteiger partial charge on any atom is 0.320 e. The molecule has 29 heavy (non-hydrogen) atoms. The number of hydrogen-bond acceptors (Lipinski definition) is 7. The third kappa shape index (κ3) is 5.41. The molecule has 2 aromatic carbocycles. The van der Waals surface area contributed by atoms with Crippen LogP contribution in [-0.4, -0.2) is 29.5 Å².